The largest absolute Gasteiger partial charge is 0.477 e. The minimum Gasteiger partial charge on any atom is -0.477 e. The first-order valence-electron chi connectivity index (χ1n) is 13.0. The van der Waals surface area contributed by atoms with Gasteiger partial charge >= 0.3 is 18.3 Å². The Morgan fingerprint density at radius 3 is 2.15 bits per heavy atom. The van der Waals surface area contributed by atoms with Crippen LogP contribution in [-0.2, 0) is 17.1 Å². The molecule has 0 fully saturated rings. The quantitative estimate of drug-likeness (QED) is 0.102. The smallest absolute Gasteiger partial charge is 0.445 e. The zero-order valence-corrected chi connectivity index (χ0v) is 25.7. The molecule has 3 aromatic carbocycles. The van der Waals surface area contributed by atoms with Crippen molar-refractivity contribution < 1.29 is 59.8 Å². The molecule has 0 bridgehead atoms. The highest BCUT2D eigenvalue weighted by Gasteiger charge is 2.36. The Bertz CT molecular complexity index is 1790. The number of carbonyl (C=O) groups excluding carboxylic acids is 1. The van der Waals surface area contributed by atoms with Crippen LogP contribution in [0.4, 0.5) is 42.1 Å². The fourth-order valence-corrected chi connectivity index (χ4v) is 4.48. The van der Waals surface area contributed by atoms with Crippen molar-refractivity contribution in [1.82, 2.24) is 10.2 Å². The van der Waals surface area contributed by atoms with Crippen molar-refractivity contribution in [3.8, 4) is 16.7 Å². The number of carboxylic acids is 1. The molecule has 0 aliphatic carbocycles. The summed E-state index contributed by atoms with van der Waals surface area (Å²) in [5, 5.41) is 24.1. The predicted octanol–water partition coefficient (Wildman–Crippen LogP) is 8.27. The molecule has 20 heteroatoms. The first-order chi connectivity index (χ1) is 22.3. The van der Waals surface area contributed by atoms with E-state index in [0.717, 1.165) is 30.3 Å². The third-order valence-electron chi connectivity index (χ3n) is 5.74. The number of hydrogen-bond donors (Lipinski definition) is 1. The molecular formula is C28H20ClF7N4O7S. The van der Waals surface area contributed by atoms with Gasteiger partial charge in [0.1, 0.15) is 22.9 Å². The molecule has 0 radical (unpaired) electrons. The number of aromatic carboxylic acids is 1. The fraction of sp³-hybridized carbons (Fsp3) is 0.214. The average Bonchev–Trinajstić information content (AvgIpc) is 3.48. The van der Waals surface area contributed by atoms with Crippen LogP contribution in [0.2, 0.25) is 5.02 Å². The zero-order chi connectivity index (χ0) is 36.0. The molecule has 1 N–H and O–H groups in total. The number of nitro benzene ring substituents is 1. The normalized spacial score (nSPS) is 11.4. The van der Waals surface area contributed by atoms with E-state index in [-0.39, 0.29) is 39.1 Å². The van der Waals surface area contributed by atoms with E-state index >= 15 is 0 Å². The number of nitrogens with zero attached hydrogens (tertiary/aromatic N) is 4. The third kappa shape index (κ3) is 9.98. The lowest BCUT2D eigenvalue weighted by Gasteiger charge is -2.26. The second kappa shape index (κ2) is 15.2. The molecule has 11 nitrogen and oxygen atoms in total. The standard InChI is InChI=1S/C14H7ClF3NO5.C14H13F4N3O2S/c15-10-5-7(14(16,17)18)1-4-12(10)24-8-2-3-11(19(22)23)9(6-8)13(20)21;1-8(2)21(10-5-3-9(15)4-6-10)11(22)7-23-13-20-19-12(24-13)14(16,17)18/h1-6H,(H,20,21);3-6,8H,7H2,1-2H3. The molecule has 48 heavy (non-hydrogen) atoms. The van der Waals surface area contributed by atoms with Crippen LogP contribution in [0.5, 0.6) is 16.7 Å². The van der Waals surface area contributed by atoms with Crippen molar-refractivity contribution in [3.63, 3.8) is 0 Å². The van der Waals surface area contributed by atoms with E-state index in [1.807, 2.05) is 0 Å². The number of rotatable bonds is 9. The van der Waals surface area contributed by atoms with Crippen LogP contribution in [0, 0.1) is 15.9 Å². The van der Waals surface area contributed by atoms with Gasteiger partial charge in [-0.25, -0.2) is 9.18 Å². The monoisotopic (exact) mass is 724 g/mol. The van der Waals surface area contributed by atoms with Gasteiger partial charge < -0.3 is 19.5 Å². The summed E-state index contributed by atoms with van der Waals surface area (Å²) in [6, 6.07) is 10.3. The van der Waals surface area contributed by atoms with Gasteiger partial charge in [-0.3, -0.25) is 14.9 Å². The minimum atomic E-state index is -4.61. The molecule has 0 atom stereocenters. The van der Waals surface area contributed by atoms with E-state index < -0.39 is 63.4 Å². The molecule has 0 aliphatic rings. The number of nitro groups is 1. The Kier molecular flexibility index (Phi) is 11.9. The highest BCUT2D eigenvalue weighted by Crippen LogP contribution is 2.37. The molecule has 4 aromatic rings. The highest BCUT2D eigenvalue weighted by molar-refractivity contribution is 7.13. The Balaban J connectivity index is 0.000000260. The molecule has 1 heterocycles. The van der Waals surface area contributed by atoms with Gasteiger partial charge in [-0.15, -0.1) is 5.10 Å². The molecule has 4 rings (SSSR count). The van der Waals surface area contributed by atoms with E-state index in [1.165, 1.54) is 29.2 Å². The lowest BCUT2D eigenvalue weighted by Crippen LogP contribution is -2.40. The van der Waals surface area contributed by atoms with Gasteiger partial charge in [0.05, 0.1) is 15.5 Å². The summed E-state index contributed by atoms with van der Waals surface area (Å²) in [6.07, 6.45) is -9.19. The van der Waals surface area contributed by atoms with Crippen molar-refractivity contribution in [2.45, 2.75) is 32.2 Å². The highest BCUT2D eigenvalue weighted by atomic mass is 35.5. The van der Waals surface area contributed by atoms with Gasteiger partial charge in [-0.05, 0) is 62.4 Å². The number of carbonyl (C=O) groups is 2. The van der Waals surface area contributed by atoms with Gasteiger partial charge in [0, 0.05) is 23.9 Å². The topological polar surface area (TPSA) is 145 Å². The van der Waals surface area contributed by atoms with E-state index in [9.17, 15) is 50.4 Å². The van der Waals surface area contributed by atoms with Crippen molar-refractivity contribution in [2.24, 2.45) is 0 Å². The van der Waals surface area contributed by atoms with Crippen LogP contribution in [0.15, 0.2) is 60.7 Å². The third-order valence-corrected chi connectivity index (χ3v) is 6.92. The van der Waals surface area contributed by atoms with Crippen molar-refractivity contribution in [3.05, 3.63) is 97.8 Å². The number of alkyl halides is 6. The van der Waals surface area contributed by atoms with Gasteiger partial charge in [0.15, 0.2) is 6.61 Å². The summed E-state index contributed by atoms with van der Waals surface area (Å²) < 4.78 is 98.2. The lowest BCUT2D eigenvalue weighted by molar-refractivity contribution is -0.385. The number of benzene rings is 3. The SMILES string of the molecule is CC(C)N(C(=O)COc1nnc(C(F)(F)F)s1)c1ccc(F)cc1.O=C(O)c1cc(Oc2ccc(C(F)(F)F)cc2Cl)ccc1[N+](=O)[O-]. The van der Waals surface area contributed by atoms with Gasteiger partial charge in [-0.2, -0.15) is 26.3 Å². The molecule has 1 amide bonds. The van der Waals surface area contributed by atoms with E-state index in [4.69, 9.17) is 26.2 Å². The van der Waals surface area contributed by atoms with Crippen LogP contribution in [0.25, 0.3) is 0 Å². The molecule has 0 saturated heterocycles. The van der Waals surface area contributed by atoms with Crippen LogP contribution in [0.3, 0.4) is 0 Å². The van der Waals surface area contributed by atoms with E-state index in [2.05, 4.69) is 10.2 Å². The second-order valence-corrected chi connectivity index (χ2v) is 10.8. The first-order valence-corrected chi connectivity index (χ1v) is 14.1. The Labute approximate surface area is 274 Å². The summed E-state index contributed by atoms with van der Waals surface area (Å²) in [5.41, 5.74) is -1.79. The number of ether oxygens (including phenoxy) is 2. The molecule has 0 unspecified atom stereocenters. The van der Waals surface area contributed by atoms with Crippen molar-refractivity contribution >= 4 is 46.2 Å². The molecular weight excluding hydrogens is 705 g/mol. The van der Waals surface area contributed by atoms with E-state index in [0.29, 0.717) is 11.8 Å². The number of anilines is 1. The molecule has 0 saturated carbocycles. The number of hydrogen-bond acceptors (Lipinski definition) is 9. The Morgan fingerprint density at radius 1 is 1.00 bits per heavy atom. The van der Waals surface area contributed by atoms with Crippen molar-refractivity contribution in [2.75, 3.05) is 11.5 Å². The van der Waals surface area contributed by atoms with E-state index in [1.54, 1.807) is 13.8 Å². The first kappa shape index (κ1) is 37.4. The number of aromatic nitrogens is 2. The van der Waals surface area contributed by atoms with Crippen LogP contribution in [-0.4, -0.2) is 44.8 Å². The summed E-state index contributed by atoms with van der Waals surface area (Å²) >= 11 is 5.93. The minimum absolute atomic E-state index is 0.125. The second-order valence-electron chi connectivity index (χ2n) is 9.48. The number of halogens is 8. The molecule has 0 aliphatic heterocycles. The Morgan fingerprint density at radius 2 is 1.65 bits per heavy atom. The lowest BCUT2D eigenvalue weighted by atomic mass is 10.1. The molecule has 256 valence electrons. The van der Waals surface area contributed by atoms with Crippen LogP contribution >= 0.6 is 22.9 Å². The summed E-state index contributed by atoms with van der Waals surface area (Å²) in [7, 11) is 0. The van der Waals surface area contributed by atoms with Crippen LogP contribution in [0.1, 0.15) is 34.8 Å². The van der Waals surface area contributed by atoms with Crippen LogP contribution < -0.4 is 14.4 Å². The maximum Gasteiger partial charge on any atom is 0.445 e. The predicted molar refractivity (Wildman–Crippen MR) is 156 cm³/mol. The molecule has 1 aromatic heterocycles. The number of carboxylic acid groups (broad SMARTS) is 1. The molecule has 0 spiro atoms. The zero-order valence-electron chi connectivity index (χ0n) is 24.2. The fourth-order valence-electron chi connectivity index (χ4n) is 3.70. The number of amides is 1. The summed E-state index contributed by atoms with van der Waals surface area (Å²) in [4.78, 5) is 34.6. The van der Waals surface area contributed by atoms with Gasteiger partial charge in [0.2, 0.25) is 5.01 Å². The average molecular weight is 725 g/mol. The van der Waals surface area contributed by atoms with Gasteiger partial charge in [0.25, 0.3) is 16.8 Å². The Hall–Kier alpha value is -5.04. The maximum atomic E-state index is 13.0. The summed E-state index contributed by atoms with van der Waals surface area (Å²) in [6.45, 7) is 2.98. The maximum absolute atomic E-state index is 13.0. The summed E-state index contributed by atoms with van der Waals surface area (Å²) in [5.74, 6) is -2.78. The van der Waals surface area contributed by atoms with Gasteiger partial charge in [-0.1, -0.05) is 28.0 Å². The van der Waals surface area contributed by atoms with Crippen molar-refractivity contribution in [1.29, 1.82) is 0 Å².